The number of benzene rings is 1. The molecule has 1 atom stereocenters. The third-order valence-corrected chi connectivity index (χ3v) is 5.30. The molecule has 0 saturated carbocycles. The summed E-state index contributed by atoms with van der Waals surface area (Å²) in [6, 6.07) is 6.05. The highest BCUT2D eigenvalue weighted by molar-refractivity contribution is 7.99. The lowest BCUT2D eigenvalue weighted by Gasteiger charge is -2.28. The van der Waals surface area contributed by atoms with Gasteiger partial charge in [0.15, 0.2) is 11.5 Å². The number of nitrogens with zero attached hydrogens (tertiary/aromatic N) is 2. The van der Waals surface area contributed by atoms with Gasteiger partial charge in [-0.2, -0.15) is 11.8 Å². The van der Waals surface area contributed by atoms with E-state index in [1.807, 2.05) is 23.9 Å². The van der Waals surface area contributed by atoms with E-state index < -0.39 is 6.10 Å². The minimum absolute atomic E-state index is 0.284. The summed E-state index contributed by atoms with van der Waals surface area (Å²) in [6.07, 6.45) is -0.486. The Kier molecular flexibility index (Phi) is 9.05. The third-order valence-electron chi connectivity index (χ3n) is 4.36. The summed E-state index contributed by atoms with van der Waals surface area (Å²) in [5.41, 5.74) is 1.20. The number of rotatable bonds is 10. The Morgan fingerprint density at radius 1 is 1.23 bits per heavy atom. The number of thioether (sulfide) groups is 1. The predicted octanol–water partition coefficient (Wildman–Crippen LogP) is 2.57. The molecule has 1 aromatic carbocycles. The maximum absolute atomic E-state index is 10.3. The highest BCUT2D eigenvalue weighted by atomic mass is 32.2. The van der Waals surface area contributed by atoms with Crippen LogP contribution in [0, 0.1) is 5.92 Å². The van der Waals surface area contributed by atoms with Crippen LogP contribution in [0.1, 0.15) is 19.4 Å². The minimum atomic E-state index is -0.486. The van der Waals surface area contributed by atoms with Crippen molar-refractivity contribution in [3.05, 3.63) is 23.8 Å². The SMILES string of the molecule is COc1cc(CN(C)CC(C)C)ccc1OC[C@@H](O)CN1CCSCC1. The topological polar surface area (TPSA) is 45.2 Å². The molecule has 0 amide bonds. The Bertz CT molecular complexity index is 536. The van der Waals surface area contributed by atoms with Crippen molar-refractivity contribution in [2.75, 3.05) is 58.4 Å². The van der Waals surface area contributed by atoms with Crippen molar-refractivity contribution < 1.29 is 14.6 Å². The Labute approximate surface area is 162 Å². The lowest BCUT2D eigenvalue weighted by atomic mass is 10.1. The van der Waals surface area contributed by atoms with E-state index >= 15 is 0 Å². The average molecular weight is 383 g/mol. The lowest BCUT2D eigenvalue weighted by Crippen LogP contribution is -2.40. The zero-order valence-electron chi connectivity index (χ0n) is 16.6. The second-order valence-electron chi connectivity index (χ2n) is 7.45. The summed E-state index contributed by atoms with van der Waals surface area (Å²) < 4.78 is 11.3. The van der Waals surface area contributed by atoms with Crippen molar-refractivity contribution in [2.24, 2.45) is 5.92 Å². The van der Waals surface area contributed by atoms with Crippen molar-refractivity contribution in [1.82, 2.24) is 9.80 Å². The molecular weight excluding hydrogens is 348 g/mol. The van der Waals surface area contributed by atoms with Crippen molar-refractivity contribution in [3.63, 3.8) is 0 Å². The number of methoxy groups -OCH3 is 1. The minimum Gasteiger partial charge on any atom is -0.493 e. The smallest absolute Gasteiger partial charge is 0.161 e. The van der Waals surface area contributed by atoms with Gasteiger partial charge in [-0.25, -0.2) is 0 Å². The van der Waals surface area contributed by atoms with Gasteiger partial charge in [0.1, 0.15) is 12.7 Å². The van der Waals surface area contributed by atoms with Crippen LogP contribution in [0.15, 0.2) is 18.2 Å². The summed E-state index contributed by atoms with van der Waals surface area (Å²) in [6.45, 7) is 9.43. The first kappa shape index (κ1) is 21.4. The monoisotopic (exact) mass is 382 g/mol. The zero-order chi connectivity index (χ0) is 18.9. The Morgan fingerprint density at radius 3 is 2.62 bits per heavy atom. The van der Waals surface area contributed by atoms with Crippen molar-refractivity contribution in [3.8, 4) is 11.5 Å². The number of hydrogen-bond donors (Lipinski definition) is 1. The fourth-order valence-electron chi connectivity index (χ4n) is 3.25. The molecule has 1 fully saturated rings. The molecule has 148 valence electrons. The quantitative estimate of drug-likeness (QED) is 0.671. The van der Waals surface area contributed by atoms with Crippen LogP contribution >= 0.6 is 11.8 Å². The first-order chi connectivity index (χ1) is 12.5. The van der Waals surface area contributed by atoms with Gasteiger partial charge in [0, 0.05) is 44.2 Å². The fourth-order valence-corrected chi connectivity index (χ4v) is 4.23. The van der Waals surface area contributed by atoms with E-state index in [-0.39, 0.29) is 6.61 Å². The van der Waals surface area contributed by atoms with Crippen molar-refractivity contribution >= 4 is 11.8 Å². The third kappa shape index (κ3) is 7.35. The van der Waals surface area contributed by atoms with Gasteiger partial charge in [-0.1, -0.05) is 19.9 Å². The zero-order valence-corrected chi connectivity index (χ0v) is 17.4. The molecule has 0 aliphatic carbocycles. The van der Waals surface area contributed by atoms with Crippen LogP contribution in [-0.2, 0) is 6.54 Å². The van der Waals surface area contributed by atoms with E-state index in [2.05, 4.69) is 36.8 Å². The molecule has 0 radical (unpaired) electrons. The average Bonchev–Trinajstić information content (AvgIpc) is 2.60. The van der Waals surface area contributed by atoms with E-state index in [1.165, 1.54) is 5.56 Å². The first-order valence-corrected chi connectivity index (χ1v) is 10.6. The van der Waals surface area contributed by atoms with Crippen LogP contribution in [0.5, 0.6) is 11.5 Å². The molecule has 1 aromatic rings. The molecule has 26 heavy (non-hydrogen) atoms. The van der Waals surface area contributed by atoms with Crippen LogP contribution < -0.4 is 9.47 Å². The number of ether oxygens (including phenoxy) is 2. The van der Waals surface area contributed by atoms with Crippen LogP contribution in [0.25, 0.3) is 0 Å². The van der Waals surface area contributed by atoms with Crippen molar-refractivity contribution in [1.29, 1.82) is 0 Å². The molecule has 0 aromatic heterocycles. The van der Waals surface area contributed by atoms with Gasteiger partial charge in [-0.05, 0) is 30.7 Å². The number of aliphatic hydroxyl groups is 1. The molecule has 0 bridgehead atoms. The van der Waals surface area contributed by atoms with E-state index in [9.17, 15) is 5.11 Å². The number of hydrogen-bond acceptors (Lipinski definition) is 6. The second kappa shape index (κ2) is 11.0. The molecule has 1 aliphatic heterocycles. The fraction of sp³-hybridized carbons (Fsp3) is 0.700. The summed E-state index contributed by atoms with van der Waals surface area (Å²) >= 11 is 1.97. The normalized spacial score (nSPS) is 16.9. The van der Waals surface area contributed by atoms with E-state index in [0.717, 1.165) is 43.4 Å². The molecule has 0 unspecified atom stereocenters. The maximum Gasteiger partial charge on any atom is 0.161 e. The largest absolute Gasteiger partial charge is 0.493 e. The standard InChI is InChI=1S/C20H34N2O3S/c1-16(2)12-21(3)13-17-5-6-19(20(11-17)24-4)25-15-18(23)14-22-7-9-26-10-8-22/h5-6,11,16,18,23H,7-10,12-15H2,1-4H3/t18-/m0/s1. The van der Waals surface area contributed by atoms with E-state index in [4.69, 9.17) is 9.47 Å². The highest BCUT2D eigenvalue weighted by Crippen LogP contribution is 2.28. The molecule has 0 spiro atoms. The van der Waals surface area contributed by atoms with Crippen LogP contribution in [0.3, 0.4) is 0 Å². The Balaban J connectivity index is 1.86. The number of aliphatic hydroxyl groups excluding tert-OH is 1. The second-order valence-corrected chi connectivity index (χ2v) is 8.68. The molecule has 6 heteroatoms. The van der Waals surface area contributed by atoms with Crippen LogP contribution in [0.4, 0.5) is 0 Å². The number of β-amino-alcohol motifs (C(OH)–C–C–N with tert-alkyl or cyclic N) is 1. The molecule has 1 aliphatic rings. The predicted molar refractivity (Wildman–Crippen MR) is 109 cm³/mol. The summed E-state index contributed by atoms with van der Waals surface area (Å²) in [7, 11) is 3.79. The van der Waals surface area contributed by atoms with Gasteiger partial charge in [0.25, 0.3) is 0 Å². The molecule has 1 N–H and O–H groups in total. The van der Waals surface area contributed by atoms with Gasteiger partial charge in [-0.3, -0.25) is 4.90 Å². The molecule has 1 saturated heterocycles. The first-order valence-electron chi connectivity index (χ1n) is 9.44. The molecular formula is C20H34N2O3S. The van der Waals surface area contributed by atoms with E-state index in [0.29, 0.717) is 18.2 Å². The summed E-state index contributed by atoms with van der Waals surface area (Å²) in [5.74, 6) is 4.35. The highest BCUT2D eigenvalue weighted by Gasteiger charge is 2.16. The summed E-state index contributed by atoms with van der Waals surface area (Å²) in [5, 5.41) is 10.3. The molecule has 1 heterocycles. The van der Waals surface area contributed by atoms with Gasteiger partial charge in [0.05, 0.1) is 7.11 Å². The van der Waals surface area contributed by atoms with E-state index in [1.54, 1.807) is 7.11 Å². The van der Waals surface area contributed by atoms with Gasteiger partial charge in [0.2, 0.25) is 0 Å². The van der Waals surface area contributed by atoms with Gasteiger partial charge >= 0.3 is 0 Å². The summed E-state index contributed by atoms with van der Waals surface area (Å²) in [4.78, 5) is 4.61. The van der Waals surface area contributed by atoms with Crippen LogP contribution in [-0.4, -0.2) is 79.5 Å². The Morgan fingerprint density at radius 2 is 1.96 bits per heavy atom. The molecule has 5 nitrogen and oxygen atoms in total. The maximum atomic E-state index is 10.3. The van der Waals surface area contributed by atoms with Gasteiger partial charge in [-0.15, -0.1) is 0 Å². The van der Waals surface area contributed by atoms with Gasteiger partial charge < -0.3 is 19.5 Å². The molecule has 2 rings (SSSR count). The Hall–Kier alpha value is -0.950. The van der Waals surface area contributed by atoms with Crippen LogP contribution in [0.2, 0.25) is 0 Å². The lowest BCUT2D eigenvalue weighted by molar-refractivity contribution is 0.0704. The van der Waals surface area contributed by atoms with Crippen molar-refractivity contribution in [2.45, 2.75) is 26.5 Å².